The zero-order chi connectivity index (χ0) is 12.1. The molecule has 0 spiro atoms. The number of likely N-dealkylation sites (tertiary alicyclic amines) is 1. The van der Waals surface area contributed by atoms with Gasteiger partial charge in [0.1, 0.15) is 12.2 Å². The van der Waals surface area contributed by atoms with Crippen LogP contribution in [0.15, 0.2) is 6.33 Å². The summed E-state index contributed by atoms with van der Waals surface area (Å²) in [5, 5.41) is 7.38. The predicted molar refractivity (Wildman–Crippen MR) is 67.6 cm³/mol. The van der Waals surface area contributed by atoms with Crippen LogP contribution in [-0.4, -0.2) is 45.8 Å². The van der Waals surface area contributed by atoms with Gasteiger partial charge >= 0.3 is 0 Å². The Balaban J connectivity index is 1.94. The molecular weight excluding hydrogens is 214 g/mol. The number of hydrogen-bond donors (Lipinski definition) is 1. The summed E-state index contributed by atoms with van der Waals surface area (Å²) >= 11 is 0. The van der Waals surface area contributed by atoms with Crippen molar-refractivity contribution in [1.29, 1.82) is 0 Å². The van der Waals surface area contributed by atoms with Gasteiger partial charge in [0.2, 0.25) is 0 Å². The predicted octanol–water partition coefficient (Wildman–Crippen LogP) is 0.779. The fourth-order valence-electron chi connectivity index (χ4n) is 2.55. The first kappa shape index (κ1) is 12.5. The molecule has 1 saturated heterocycles. The van der Waals surface area contributed by atoms with Crippen LogP contribution in [0.4, 0.5) is 0 Å². The average molecular weight is 237 g/mol. The summed E-state index contributed by atoms with van der Waals surface area (Å²) < 4.78 is 1.88. The quantitative estimate of drug-likeness (QED) is 0.822. The molecule has 2 rings (SSSR count). The molecule has 1 aromatic rings. The lowest BCUT2D eigenvalue weighted by Crippen LogP contribution is -2.40. The van der Waals surface area contributed by atoms with Crippen molar-refractivity contribution in [2.45, 2.75) is 38.3 Å². The third-order valence-corrected chi connectivity index (χ3v) is 3.63. The normalized spacial score (nSPS) is 21.9. The maximum absolute atomic E-state index is 4.32. The van der Waals surface area contributed by atoms with Crippen molar-refractivity contribution in [2.24, 2.45) is 7.05 Å². The Labute approximate surface area is 103 Å². The summed E-state index contributed by atoms with van der Waals surface area (Å²) in [6.07, 6.45) is 6.87. The maximum atomic E-state index is 4.32. The van der Waals surface area contributed by atoms with Gasteiger partial charge in [-0.2, -0.15) is 5.10 Å². The molecule has 96 valence electrons. The Morgan fingerprint density at radius 1 is 1.47 bits per heavy atom. The van der Waals surface area contributed by atoms with Gasteiger partial charge in [-0.25, -0.2) is 4.98 Å². The van der Waals surface area contributed by atoms with Crippen LogP contribution in [0, 0.1) is 0 Å². The monoisotopic (exact) mass is 237 g/mol. The minimum atomic E-state index is 0.702. The minimum absolute atomic E-state index is 0.702. The van der Waals surface area contributed by atoms with Crippen molar-refractivity contribution in [3.63, 3.8) is 0 Å². The van der Waals surface area contributed by atoms with Gasteiger partial charge in [0.05, 0.1) is 6.54 Å². The zero-order valence-corrected chi connectivity index (χ0v) is 10.9. The van der Waals surface area contributed by atoms with E-state index in [0.29, 0.717) is 6.04 Å². The van der Waals surface area contributed by atoms with Crippen LogP contribution >= 0.6 is 0 Å². The summed E-state index contributed by atoms with van der Waals surface area (Å²) in [6.45, 7) is 3.23. The molecule has 0 bridgehead atoms. The molecule has 0 amide bonds. The number of aryl methyl sites for hydroxylation is 1. The van der Waals surface area contributed by atoms with E-state index in [1.54, 1.807) is 6.33 Å². The number of hydrogen-bond acceptors (Lipinski definition) is 4. The Bertz CT molecular complexity index is 335. The number of aromatic nitrogens is 3. The molecule has 17 heavy (non-hydrogen) atoms. The van der Waals surface area contributed by atoms with E-state index >= 15 is 0 Å². The van der Waals surface area contributed by atoms with E-state index in [4.69, 9.17) is 0 Å². The molecule has 0 aromatic carbocycles. The van der Waals surface area contributed by atoms with Crippen LogP contribution < -0.4 is 5.32 Å². The standard InChI is InChI=1S/C12H23N5/c1-13-7-6-11-5-3-4-8-17(11)9-12-14-10-15-16(12)2/h10-11,13H,3-9H2,1-2H3. The third kappa shape index (κ3) is 3.26. The first-order chi connectivity index (χ1) is 8.31. The minimum Gasteiger partial charge on any atom is -0.320 e. The van der Waals surface area contributed by atoms with Crippen molar-refractivity contribution in [3.8, 4) is 0 Å². The van der Waals surface area contributed by atoms with Crippen molar-refractivity contribution in [1.82, 2.24) is 25.0 Å². The molecule has 5 nitrogen and oxygen atoms in total. The van der Waals surface area contributed by atoms with Gasteiger partial charge in [0.25, 0.3) is 0 Å². The summed E-state index contributed by atoms with van der Waals surface area (Å²) in [5.74, 6) is 1.07. The summed E-state index contributed by atoms with van der Waals surface area (Å²) in [6, 6.07) is 0.702. The first-order valence-electron chi connectivity index (χ1n) is 6.53. The molecule has 1 aromatic heterocycles. The molecule has 5 heteroatoms. The van der Waals surface area contributed by atoms with Crippen molar-refractivity contribution in [3.05, 3.63) is 12.2 Å². The smallest absolute Gasteiger partial charge is 0.140 e. The van der Waals surface area contributed by atoms with E-state index in [0.717, 1.165) is 18.9 Å². The second-order valence-electron chi connectivity index (χ2n) is 4.81. The molecule has 1 aliphatic heterocycles. The Kier molecular flexibility index (Phi) is 4.50. The SMILES string of the molecule is CNCCC1CCCCN1Cc1ncnn1C. The topological polar surface area (TPSA) is 46.0 Å². The molecule has 0 radical (unpaired) electrons. The number of piperidine rings is 1. The van der Waals surface area contributed by atoms with E-state index in [2.05, 4.69) is 20.3 Å². The third-order valence-electron chi connectivity index (χ3n) is 3.63. The Morgan fingerprint density at radius 2 is 2.35 bits per heavy atom. The molecule has 1 unspecified atom stereocenters. The average Bonchev–Trinajstić information content (AvgIpc) is 2.74. The lowest BCUT2D eigenvalue weighted by atomic mass is 9.99. The summed E-state index contributed by atoms with van der Waals surface area (Å²) in [4.78, 5) is 6.88. The van der Waals surface area contributed by atoms with E-state index in [-0.39, 0.29) is 0 Å². The van der Waals surface area contributed by atoms with E-state index in [9.17, 15) is 0 Å². The molecular formula is C12H23N5. The lowest BCUT2D eigenvalue weighted by Gasteiger charge is -2.35. The molecule has 1 aliphatic rings. The Hall–Kier alpha value is -0.940. The van der Waals surface area contributed by atoms with E-state index in [1.807, 2.05) is 18.8 Å². The molecule has 0 aliphatic carbocycles. The van der Waals surface area contributed by atoms with E-state index in [1.165, 1.54) is 32.2 Å². The number of nitrogens with zero attached hydrogens (tertiary/aromatic N) is 4. The van der Waals surface area contributed by atoms with Gasteiger partial charge in [-0.3, -0.25) is 9.58 Å². The zero-order valence-electron chi connectivity index (χ0n) is 10.9. The summed E-state index contributed by atoms with van der Waals surface area (Å²) in [7, 11) is 3.99. The molecule has 1 fully saturated rings. The van der Waals surface area contributed by atoms with Crippen LogP contribution in [0.5, 0.6) is 0 Å². The summed E-state index contributed by atoms with van der Waals surface area (Å²) in [5.41, 5.74) is 0. The Morgan fingerprint density at radius 3 is 3.06 bits per heavy atom. The van der Waals surface area contributed by atoms with Crippen LogP contribution in [0.25, 0.3) is 0 Å². The highest BCUT2D eigenvalue weighted by Gasteiger charge is 2.22. The second kappa shape index (κ2) is 6.12. The van der Waals surface area contributed by atoms with Gasteiger partial charge in [0, 0.05) is 13.1 Å². The van der Waals surface area contributed by atoms with Crippen molar-refractivity contribution in [2.75, 3.05) is 20.1 Å². The molecule has 2 heterocycles. The van der Waals surface area contributed by atoms with Crippen molar-refractivity contribution >= 4 is 0 Å². The van der Waals surface area contributed by atoms with Crippen LogP contribution in [-0.2, 0) is 13.6 Å². The first-order valence-corrected chi connectivity index (χ1v) is 6.53. The van der Waals surface area contributed by atoms with Crippen molar-refractivity contribution < 1.29 is 0 Å². The maximum Gasteiger partial charge on any atom is 0.140 e. The molecule has 1 N–H and O–H groups in total. The van der Waals surface area contributed by atoms with Gasteiger partial charge in [-0.05, 0) is 39.4 Å². The highest BCUT2D eigenvalue weighted by atomic mass is 15.3. The lowest BCUT2D eigenvalue weighted by molar-refractivity contribution is 0.127. The molecule has 1 atom stereocenters. The van der Waals surface area contributed by atoms with E-state index < -0.39 is 0 Å². The fraction of sp³-hybridized carbons (Fsp3) is 0.833. The highest BCUT2D eigenvalue weighted by molar-refractivity contribution is 4.87. The molecule has 0 saturated carbocycles. The number of nitrogens with one attached hydrogen (secondary N) is 1. The van der Waals surface area contributed by atoms with Crippen LogP contribution in [0.3, 0.4) is 0 Å². The van der Waals surface area contributed by atoms with Gasteiger partial charge < -0.3 is 5.32 Å². The number of rotatable bonds is 5. The second-order valence-corrected chi connectivity index (χ2v) is 4.81. The fourth-order valence-corrected chi connectivity index (χ4v) is 2.55. The van der Waals surface area contributed by atoms with Gasteiger partial charge in [-0.1, -0.05) is 6.42 Å². The van der Waals surface area contributed by atoms with Gasteiger partial charge in [-0.15, -0.1) is 0 Å². The highest BCUT2D eigenvalue weighted by Crippen LogP contribution is 2.20. The van der Waals surface area contributed by atoms with Gasteiger partial charge in [0.15, 0.2) is 0 Å². The largest absolute Gasteiger partial charge is 0.320 e. The van der Waals surface area contributed by atoms with Crippen LogP contribution in [0.2, 0.25) is 0 Å². The van der Waals surface area contributed by atoms with Crippen LogP contribution in [0.1, 0.15) is 31.5 Å².